The number of rotatable bonds is 5. The Labute approximate surface area is 191 Å². The molecule has 0 spiro atoms. The topological polar surface area (TPSA) is 96.0 Å². The van der Waals surface area contributed by atoms with E-state index in [1.54, 1.807) is 30.3 Å². The number of fused-ring (bicyclic) bond motifs is 3. The molecule has 1 atom stereocenters. The molecule has 3 amide bonds. The van der Waals surface area contributed by atoms with Crippen LogP contribution in [0.3, 0.4) is 0 Å². The van der Waals surface area contributed by atoms with Crippen molar-refractivity contribution in [3.63, 3.8) is 0 Å². The zero-order chi connectivity index (χ0) is 23.3. The fourth-order valence-electron chi connectivity index (χ4n) is 4.78. The Morgan fingerprint density at radius 3 is 2.58 bits per heavy atom. The predicted octanol–water partition coefficient (Wildman–Crippen LogP) is 2.93. The minimum atomic E-state index is -1.55. The molecule has 0 radical (unpaired) electrons. The van der Waals surface area contributed by atoms with Gasteiger partial charge < -0.3 is 15.0 Å². The summed E-state index contributed by atoms with van der Waals surface area (Å²) in [5, 5.41) is 2.73. The lowest BCUT2D eigenvalue weighted by atomic mass is 9.96. The number of amides is 3. The third-order valence-corrected chi connectivity index (χ3v) is 6.66. The minimum Gasteiger partial charge on any atom is -0.452 e. The van der Waals surface area contributed by atoms with Gasteiger partial charge in [0, 0.05) is 24.6 Å². The summed E-state index contributed by atoms with van der Waals surface area (Å²) in [7, 11) is 0. The van der Waals surface area contributed by atoms with Crippen LogP contribution in [0.4, 0.5) is 11.4 Å². The number of para-hydroxylation sites is 1. The van der Waals surface area contributed by atoms with Gasteiger partial charge in [0.1, 0.15) is 0 Å². The van der Waals surface area contributed by atoms with Gasteiger partial charge in [0.25, 0.3) is 11.8 Å². The van der Waals surface area contributed by atoms with E-state index in [1.807, 2.05) is 26.0 Å². The minimum absolute atomic E-state index is 0.120. The maximum absolute atomic E-state index is 13.5. The largest absolute Gasteiger partial charge is 0.452 e. The van der Waals surface area contributed by atoms with Crippen molar-refractivity contribution in [2.24, 2.45) is 0 Å². The van der Waals surface area contributed by atoms with Crippen LogP contribution in [0.5, 0.6) is 0 Å². The van der Waals surface area contributed by atoms with E-state index in [0.717, 1.165) is 24.0 Å². The molecule has 3 aliphatic rings. The maximum Gasteiger partial charge on any atom is 0.354 e. The molecule has 5 rings (SSSR count). The molecule has 0 bridgehead atoms. The lowest BCUT2D eigenvalue weighted by Crippen LogP contribution is -2.69. The standard InChI is InChI=1S/C25H25N3O5/c1-15-7-8-17(13-16(15)2)26-21(29)14-33-24(32)25-12-11-22(30)28(25)20-6-4-3-5-19(20)23(31)27(25)18-9-10-18/h3-8,13,18H,9-12,14H2,1-2H3,(H,26,29)/t25-/m0/s1. The zero-order valence-electron chi connectivity index (χ0n) is 18.6. The van der Waals surface area contributed by atoms with Crippen LogP contribution in [0.1, 0.15) is 47.2 Å². The highest BCUT2D eigenvalue weighted by Crippen LogP contribution is 2.49. The summed E-state index contributed by atoms with van der Waals surface area (Å²) in [6.07, 6.45) is 1.78. The van der Waals surface area contributed by atoms with Gasteiger partial charge in [-0.05, 0) is 62.1 Å². The van der Waals surface area contributed by atoms with Gasteiger partial charge in [-0.25, -0.2) is 4.79 Å². The van der Waals surface area contributed by atoms with Crippen molar-refractivity contribution in [2.75, 3.05) is 16.8 Å². The summed E-state index contributed by atoms with van der Waals surface area (Å²) in [5.41, 5.74) is 2.00. The van der Waals surface area contributed by atoms with Crippen molar-refractivity contribution < 1.29 is 23.9 Å². The number of anilines is 2. The zero-order valence-corrected chi connectivity index (χ0v) is 18.6. The highest BCUT2D eigenvalue weighted by molar-refractivity contribution is 6.16. The van der Waals surface area contributed by atoms with E-state index in [4.69, 9.17) is 4.74 Å². The molecule has 1 aliphatic carbocycles. The van der Waals surface area contributed by atoms with Crippen LogP contribution < -0.4 is 10.2 Å². The Hall–Kier alpha value is -3.68. The number of carbonyl (C=O) groups excluding carboxylic acids is 4. The predicted molar refractivity (Wildman–Crippen MR) is 121 cm³/mol. The number of aryl methyl sites for hydroxylation is 2. The molecule has 1 N–H and O–H groups in total. The average Bonchev–Trinajstić information content (AvgIpc) is 3.57. The molecule has 2 aliphatic heterocycles. The fourth-order valence-corrected chi connectivity index (χ4v) is 4.78. The van der Waals surface area contributed by atoms with Crippen LogP contribution in [0.2, 0.25) is 0 Å². The number of hydrogen-bond donors (Lipinski definition) is 1. The summed E-state index contributed by atoms with van der Waals surface area (Å²) in [6, 6.07) is 12.2. The first-order chi connectivity index (χ1) is 15.8. The Bertz CT molecular complexity index is 1190. The van der Waals surface area contributed by atoms with Crippen molar-refractivity contribution in [3.05, 3.63) is 59.2 Å². The molecule has 1 saturated carbocycles. The average molecular weight is 447 g/mol. The third-order valence-electron chi connectivity index (χ3n) is 6.66. The van der Waals surface area contributed by atoms with Gasteiger partial charge in [0.2, 0.25) is 11.6 Å². The van der Waals surface area contributed by atoms with Crippen molar-refractivity contribution in [1.82, 2.24) is 4.90 Å². The van der Waals surface area contributed by atoms with Gasteiger partial charge >= 0.3 is 5.97 Å². The maximum atomic E-state index is 13.5. The highest BCUT2D eigenvalue weighted by atomic mass is 16.5. The smallest absolute Gasteiger partial charge is 0.354 e. The Kier molecular flexibility index (Phi) is 4.96. The number of hydrogen-bond acceptors (Lipinski definition) is 5. The summed E-state index contributed by atoms with van der Waals surface area (Å²) in [5.74, 6) is -1.76. The summed E-state index contributed by atoms with van der Waals surface area (Å²) < 4.78 is 5.46. The van der Waals surface area contributed by atoms with Crippen LogP contribution in [0.15, 0.2) is 42.5 Å². The van der Waals surface area contributed by atoms with Crippen LogP contribution in [0, 0.1) is 13.8 Å². The van der Waals surface area contributed by atoms with Crippen molar-refractivity contribution in [1.29, 1.82) is 0 Å². The molecule has 2 aromatic carbocycles. The number of esters is 1. The highest BCUT2D eigenvalue weighted by Gasteiger charge is 2.64. The molecule has 33 heavy (non-hydrogen) atoms. The van der Waals surface area contributed by atoms with Gasteiger partial charge in [-0.2, -0.15) is 0 Å². The molecule has 170 valence electrons. The monoisotopic (exact) mass is 447 g/mol. The quantitative estimate of drug-likeness (QED) is 0.711. The molecule has 2 fully saturated rings. The number of nitrogens with one attached hydrogen (secondary N) is 1. The number of carbonyl (C=O) groups is 4. The second-order valence-corrected chi connectivity index (χ2v) is 8.89. The molecule has 1 saturated heterocycles. The van der Waals surface area contributed by atoms with Crippen molar-refractivity contribution in [3.8, 4) is 0 Å². The summed E-state index contributed by atoms with van der Waals surface area (Å²) in [6.45, 7) is 3.41. The molecular formula is C25H25N3O5. The lowest BCUT2D eigenvalue weighted by Gasteiger charge is -2.48. The summed E-state index contributed by atoms with van der Waals surface area (Å²) >= 11 is 0. The van der Waals surface area contributed by atoms with Gasteiger partial charge in [-0.1, -0.05) is 18.2 Å². The van der Waals surface area contributed by atoms with E-state index in [9.17, 15) is 19.2 Å². The molecule has 0 unspecified atom stereocenters. The van der Waals surface area contributed by atoms with Crippen molar-refractivity contribution in [2.45, 2.75) is 51.2 Å². The third kappa shape index (κ3) is 3.37. The molecule has 8 heteroatoms. The Morgan fingerprint density at radius 1 is 1.09 bits per heavy atom. The van der Waals surface area contributed by atoms with Crippen LogP contribution in [-0.2, 0) is 19.1 Å². The van der Waals surface area contributed by atoms with E-state index in [2.05, 4.69) is 5.32 Å². The molecule has 8 nitrogen and oxygen atoms in total. The lowest BCUT2D eigenvalue weighted by molar-refractivity contribution is -0.159. The van der Waals surface area contributed by atoms with Crippen LogP contribution >= 0.6 is 0 Å². The van der Waals surface area contributed by atoms with E-state index in [-0.39, 0.29) is 30.7 Å². The van der Waals surface area contributed by atoms with Gasteiger partial charge in [-0.3, -0.25) is 19.3 Å². The Morgan fingerprint density at radius 2 is 1.85 bits per heavy atom. The number of benzene rings is 2. The number of nitrogens with zero attached hydrogens (tertiary/aromatic N) is 2. The molecule has 0 aromatic heterocycles. The molecule has 2 aromatic rings. The Balaban J connectivity index is 1.41. The molecule has 2 heterocycles. The van der Waals surface area contributed by atoms with Crippen LogP contribution in [-0.4, -0.2) is 46.9 Å². The van der Waals surface area contributed by atoms with E-state index in [1.165, 1.54) is 9.80 Å². The van der Waals surface area contributed by atoms with Crippen LogP contribution in [0.25, 0.3) is 0 Å². The second kappa shape index (κ2) is 7.72. The summed E-state index contributed by atoms with van der Waals surface area (Å²) in [4.78, 5) is 55.2. The fraction of sp³-hybridized carbons (Fsp3) is 0.360. The SMILES string of the molecule is Cc1ccc(NC(=O)COC(=O)[C@]23CCC(=O)N2c2ccccc2C(=O)N3C2CC2)cc1C. The molecular weight excluding hydrogens is 422 g/mol. The van der Waals surface area contributed by atoms with Crippen molar-refractivity contribution >= 4 is 35.1 Å². The van der Waals surface area contributed by atoms with Gasteiger partial charge in [0.15, 0.2) is 6.61 Å². The first-order valence-electron chi connectivity index (χ1n) is 11.1. The normalized spacial score (nSPS) is 21.5. The van der Waals surface area contributed by atoms with E-state index < -0.39 is 24.1 Å². The first-order valence-corrected chi connectivity index (χ1v) is 11.1. The van der Waals surface area contributed by atoms with Gasteiger partial charge in [0.05, 0.1) is 11.3 Å². The van der Waals surface area contributed by atoms with E-state index >= 15 is 0 Å². The van der Waals surface area contributed by atoms with E-state index in [0.29, 0.717) is 16.9 Å². The van der Waals surface area contributed by atoms with Gasteiger partial charge in [-0.15, -0.1) is 0 Å². The first kappa shape index (κ1) is 21.2. The second-order valence-electron chi connectivity index (χ2n) is 8.89. The number of ether oxygens (including phenoxy) is 1.